The van der Waals surface area contributed by atoms with Crippen molar-refractivity contribution in [1.82, 2.24) is 5.32 Å². The molecular formula is C18H29NO. The number of rotatable bonds is 7. The highest BCUT2D eigenvalue weighted by Gasteiger charge is 2.24. The van der Waals surface area contributed by atoms with Gasteiger partial charge < -0.3 is 10.1 Å². The minimum Gasteiger partial charge on any atom is -0.486 e. The molecule has 112 valence electrons. The Morgan fingerprint density at radius 1 is 1.15 bits per heavy atom. The van der Waals surface area contributed by atoms with Gasteiger partial charge in [-0.05, 0) is 75.3 Å². The molecule has 2 rings (SSSR count). The van der Waals surface area contributed by atoms with E-state index in [0.29, 0.717) is 0 Å². The van der Waals surface area contributed by atoms with Gasteiger partial charge in [0.2, 0.25) is 0 Å². The summed E-state index contributed by atoms with van der Waals surface area (Å²) < 4.78 is 6.30. The van der Waals surface area contributed by atoms with Gasteiger partial charge in [0.1, 0.15) is 11.4 Å². The van der Waals surface area contributed by atoms with Gasteiger partial charge in [0.25, 0.3) is 0 Å². The molecule has 20 heavy (non-hydrogen) atoms. The molecule has 1 atom stereocenters. The summed E-state index contributed by atoms with van der Waals surface area (Å²) in [5.41, 5.74) is 2.90. The number of nitrogens with one attached hydrogen (secondary N) is 1. The van der Waals surface area contributed by atoms with Gasteiger partial charge in [0, 0.05) is 6.54 Å². The Kier molecular flexibility index (Phi) is 5.47. The largest absolute Gasteiger partial charge is 0.486 e. The zero-order valence-electron chi connectivity index (χ0n) is 13.3. The predicted octanol–water partition coefficient (Wildman–Crippen LogP) is 4.11. The molecule has 0 radical (unpaired) electrons. The SMILES string of the molecule is CCCNCC(C)(CC)Oc1ccc2c(c1)CCCC2. The monoisotopic (exact) mass is 275 g/mol. The fourth-order valence-corrected chi connectivity index (χ4v) is 2.82. The number of benzene rings is 1. The first-order valence-electron chi connectivity index (χ1n) is 8.18. The fraction of sp³-hybridized carbons (Fsp3) is 0.667. The van der Waals surface area contributed by atoms with Crippen LogP contribution in [0.25, 0.3) is 0 Å². The highest BCUT2D eigenvalue weighted by molar-refractivity contribution is 5.37. The van der Waals surface area contributed by atoms with E-state index >= 15 is 0 Å². The van der Waals surface area contributed by atoms with E-state index in [0.717, 1.165) is 25.3 Å². The Morgan fingerprint density at radius 2 is 1.90 bits per heavy atom. The Hall–Kier alpha value is -1.02. The van der Waals surface area contributed by atoms with Gasteiger partial charge in [-0.15, -0.1) is 0 Å². The molecule has 0 saturated heterocycles. The van der Waals surface area contributed by atoms with Crippen LogP contribution in [-0.4, -0.2) is 18.7 Å². The van der Waals surface area contributed by atoms with Crippen LogP contribution in [0.5, 0.6) is 5.75 Å². The molecule has 0 aliphatic heterocycles. The Morgan fingerprint density at radius 3 is 2.60 bits per heavy atom. The molecule has 0 bridgehead atoms. The molecule has 0 fully saturated rings. The lowest BCUT2D eigenvalue weighted by Crippen LogP contribution is -2.42. The van der Waals surface area contributed by atoms with E-state index in [4.69, 9.17) is 4.74 Å². The maximum Gasteiger partial charge on any atom is 0.120 e. The summed E-state index contributed by atoms with van der Waals surface area (Å²) in [4.78, 5) is 0. The smallest absolute Gasteiger partial charge is 0.120 e. The van der Waals surface area contributed by atoms with E-state index in [-0.39, 0.29) is 5.60 Å². The minimum absolute atomic E-state index is 0.113. The molecular weight excluding hydrogens is 246 g/mol. The zero-order chi connectivity index (χ0) is 14.4. The highest BCUT2D eigenvalue weighted by Crippen LogP contribution is 2.28. The van der Waals surface area contributed by atoms with Crippen molar-refractivity contribution in [3.8, 4) is 5.75 Å². The number of ether oxygens (including phenoxy) is 1. The van der Waals surface area contributed by atoms with E-state index < -0.39 is 0 Å². The summed E-state index contributed by atoms with van der Waals surface area (Å²) in [5, 5.41) is 3.48. The van der Waals surface area contributed by atoms with Crippen LogP contribution in [0.15, 0.2) is 18.2 Å². The van der Waals surface area contributed by atoms with Crippen LogP contribution in [0.3, 0.4) is 0 Å². The van der Waals surface area contributed by atoms with E-state index in [1.54, 1.807) is 0 Å². The molecule has 0 amide bonds. The quantitative estimate of drug-likeness (QED) is 0.756. The molecule has 1 aromatic carbocycles. The Labute approximate surface area is 123 Å². The predicted molar refractivity (Wildman–Crippen MR) is 85.6 cm³/mol. The number of hydrogen-bond donors (Lipinski definition) is 1. The van der Waals surface area contributed by atoms with Crippen molar-refractivity contribution in [2.75, 3.05) is 13.1 Å². The van der Waals surface area contributed by atoms with Crippen molar-refractivity contribution in [2.24, 2.45) is 0 Å². The van der Waals surface area contributed by atoms with Gasteiger partial charge in [-0.2, -0.15) is 0 Å². The molecule has 1 N–H and O–H groups in total. The van der Waals surface area contributed by atoms with Crippen molar-refractivity contribution in [3.05, 3.63) is 29.3 Å². The second-order valence-electron chi connectivity index (χ2n) is 6.22. The van der Waals surface area contributed by atoms with E-state index in [1.165, 1.54) is 43.2 Å². The van der Waals surface area contributed by atoms with Gasteiger partial charge in [-0.1, -0.05) is 19.9 Å². The van der Waals surface area contributed by atoms with Crippen LogP contribution in [-0.2, 0) is 12.8 Å². The number of aryl methyl sites for hydroxylation is 2. The lowest BCUT2D eigenvalue weighted by molar-refractivity contribution is 0.0836. The first-order chi connectivity index (χ1) is 9.67. The van der Waals surface area contributed by atoms with Gasteiger partial charge in [0.05, 0.1) is 0 Å². The summed E-state index contributed by atoms with van der Waals surface area (Å²) in [5.74, 6) is 1.04. The number of hydrogen-bond acceptors (Lipinski definition) is 2. The molecule has 0 spiro atoms. The summed E-state index contributed by atoms with van der Waals surface area (Å²) >= 11 is 0. The first kappa shape index (κ1) is 15.4. The second-order valence-corrected chi connectivity index (χ2v) is 6.22. The Bertz CT molecular complexity index is 429. The summed E-state index contributed by atoms with van der Waals surface area (Å²) in [7, 11) is 0. The van der Waals surface area contributed by atoms with Crippen molar-refractivity contribution in [3.63, 3.8) is 0 Å². The molecule has 1 aromatic rings. The van der Waals surface area contributed by atoms with Crippen LogP contribution < -0.4 is 10.1 Å². The van der Waals surface area contributed by atoms with Gasteiger partial charge in [-0.3, -0.25) is 0 Å². The molecule has 1 aliphatic carbocycles. The second kappa shape index (κ2) is 7.12. The maximum absolute atomic E-state index is 6.30. The average molecular weight is 275 g/mol. The fourth-order valence-electron chi connectivity index (χ4n) is 2.82. The minimum atomic E-state index is -0.113. The normalized spacial score (nSPS) is 17.4. The summed E-state index contributed by atoms with van der Waals surface area (Å²) in [6.07, 6.45) is 7.28. The third-order valence-corrected chi connectivity index (χ3v) is 4.36. The van der Waals surface area contributed by atoms with Crippen LogP contribution >= 0.6 is 0 Å². The Balaban J connectivity index is 2.03. The van der Waals surface area contributed by atoms with E-state index in [2.05, 4.69) is 44.3 Å². The standard InChI is InChI=1S/C18H29NO/c1-4-12-19-14-18(3,5-2)20-17-11-10-15-8-6-7-9-16(15)13-17/h10-11,13,19H,4-9,12,14H2,1-3H3. The lowest BCUT2D eigenvalue weighted by atomic mass is 9.91. The van der Waals surface area contributed by atoms with Crippen molar-refractivity contribution < 1.29 is 4.74 Å². The highest BCUT2D eigenvalue weighted by atomic mass is 16.5. The molecule has 0 aromatic heterocycles. The van der Waals surface area contributed by atoms with Gasteiger partial charge in [-0.25, -0.2) is 0 Å². The van der Waals surface area contributed by atoms with Crippen LogP contribution in [0.4, 0.5) is 0 Å². The topological polar surface area (TPSA) is 21.3 Å². The zero-order valence-corrected chi connectivity index (χ0v) is 13.3. The van der Waals surface area contributed by atoms with Crippen LogP contribution in [0.2, 0.25) is 0 Å². The van der Waals surface area contributed by atoms with E-state index in [1.807, 2.05) is 0 Å². The van der Waals surface area contributed by atoms with Crippen molar-refractivity contribution in [1.29, 1.82) is 0 Å². The summed E-state index contributed by atoms with van der Waals surface area (Å²) in [6, 6.07) is 6.68. The molecule has 1 aliphatic rings. The average Bonchev–Trinajstić information content (AvgIpc) is 2.47. The first-order valence-corrected chi connectivity index (χ1v) is 8.18. The van der Waals surface area contributed by atoms with E-state index in [9.17, 15) is 0 Å². The third-order valence-electron chi connectivity index (χ3n) is 4.36. The molecule has 2 nitrogen and oxygen atoms in total. The molecule has 2 heteroatoms. The number of fused-ring (bicyclic) bond motifs is 1. The molecule has 0 heterocycles. The summed E-state index contributed by atoms with van der Waals surface area (Å²) in [6.45, 7) is 8.57. The van der Waals surface area contributed by atoms with Crippen LogP contribution in [0.1, 0.15) is 57.6 Å². The maximum atomic E-state index is 6.30. The van der Waals surface area contributed by atoms with Gasteiger partial charge in [0.15, 0.2) is 0 Å². The van der Waals surface area contributed by atoms with Crippen molar-refractivity contribution >= 4 is 0 Å². The van der Waals surface area contributed by atoms with Crippen molar-refractivity contribution in [2.45, 2.75) is 64.9 Å². The lowest BCUT2D eigenvalue weighted by Gasteiger charge is -2.30. The molecule has 1 unspecified atom stereocenters. The van der Waals surface area contributed by atoms with Crippen LogP contribution in [0, 0.1) is 0 Å². The third kappa shape index (κ3) is 3.99. The van der Waals surface area contributed by atoms with Gasteiger partial charge >= 0.3 is 0 Å². The molecule has 0 saturated carbocycles.